The van der Waals surface area contributed by atoms with E-state index < -0.39 is 0 Å². The summed E-state index contributed by atoms with van der Waals surface area (Å²) in [7, 11) is 3.65. The minimum atomic E-state index is 0.994. The number of hydrogen-bond acceptors (Lipinski definition) is 3. The van der Waals surface area contributed by atoms with Gasteiger partial charge >= 0.3 is 0 Å². The van der Waals surface area contributed by atoms with Crippen molar-refractivity contribution in [3.8, 4) is 0 Å². The molecule has 1 aromatic rings. The largest absolute Gasteiger partial charge is 0.303 e. The maximum absolute atomic E-state index is 5.01. The second-order valence-corrected chi connectivity index (χ2v) is 3.75. The van der Waals surface area contributed by atoms with Gasteiger partial charge in [-0.1, -0.05) is 6.07 Å². The number of hydroxylamine groups is 2. The van der Waals surface area contributed by atoms with Gasteiger partial charge in [-0.2, -0.15) is 5.06 Å². The second kappa shape index (κ2) is 5.30. The molecule has 0 N–H and O–H groups in total. The van der Waals surface area contributed by atoms with Gasteiger partial charge in [-0.05, 0) is 24.3 Å². The highest BCUT2D eigenvalue weighted by Gasteiger charge is 1.96. The van der Waals surface area contributed by atoms with Gasteiger partial charge in [0.25, 0.3) is 0 Å². The highest BCUT2D eigenvalue weighted by Crippen LogP contribution is 2.10. The van der Waals surface area contributed by atoms with E-state index in [1.807, 2.05) is 23.4 Å². The lowest BCUT2D eigenvalue weighted by Gasteiger charge is -2.11. The highest BCUT2D eigenvalue weighted by molar-refractivity contribution is 7.09. The Morgan fingerprint density at radius 3 is 3.00 bits per heavy atom. The van der Waals surface area contributed by atoms with Crippen molar-refractivity contribution < 1.29 is 4.84 Å². The van der Waals surface area contributed by atoms with Crippen LogP contribution in [0.3, 0.4) is 0 Å². The van der Waals surface area contributed by atoms with E-state index in [0.717, 1.165) is 19.4 Å². The van der Waals surface area contributed by atoms with Crippen molar-refractivity contribution in [2.75, 3.05) is 20.7 Å². The van der Waals surface area contributed by atoms with Crippen LogP contribution >= 0.6 is 11.3 Å². The van der Waals surface area contributed by atoms with Crippen LogP contribution in [-0.2, 0) is 11.3 Å². The predicted octanol–water partition coefficient (Wildman–Crippen LogP) is 2.17. The third-order valence-electron chi connectivity index (χ3n) is 1.79. The van der Waals surface area contributed by atoms with Crippen LogP contribution < -0.4 is 0 Å². The number of nitrogens with zero attached hydrogens (tertiary/aromatic N) is 1. The average Bonchev–Trinajstić information content (AvgIpc) is 2.57. The molecule has 2 nitrogen and oxygen atoms in total. The predicted molar refractivity (Wildman–Crippen MR) is 52.3 cm³/mol. The second-order valence-electron chi connectivity index (χ2n) is 2.72. The summed E-state index contributed by atoms with van der Waals surface area (Å²) in [5.74, 6) is 0. The summed E-state index contributed by atoms with van der Waals surface area (Å²) in [4.78, 5) is 6.46. The van der Waals surface area contributed by atoms with Crippen LogP contribution in [0.25, 0.3) is 0 Å². The van der Waals surface area contributed by atoms with Crippen LogP contribution in [0.4, 0.5) is 0 Å². The molecule has 0 aliphatic heterocycles. The van der Waals surface area contributed by atoms with E-state index in [1.165, 1.54) is 4.88 Å². The standard InChI is InChI=1S/C9H15NOS/c1-10(11-2)7-3-5-9-6-4-8-12-9/h4,6,8H,3,5,7H2,1-2H3. The first-order chi connectivity index (χ1) is 5.83. The Morgan fingerprint density at radius 1 is 1.58 bits per heavy atom. The molecule has 68 valence electrons. The van der Waals surface area contributed by atoms with Crippen molar-refractivity contribution in [2.45, 2.75) is 12.8 Å². The summed E-state index contributed by atoms with van der Waals surface area (Å²) < 4.78 is 0. The zero-order chi connectivity index (χ0) is 8.81. The maximum Gasteiger partial charge on any atom is 0.0575 e. The third kappa shape index (κ3) is 3.34. The molecule has 0 saturated carbocycles. The van der Waals surface area contributed by atoms with Crippen LogP contribution in [0.1, 0.15) is 11.3 Å². The Morgan fingerprint density at radius 2 is 2.42 bits per heavy atom. The Hall–Kier alpha value is -0.380. The van der Waals surface area contributed by atoms with E-state index in [2.05, 4.69) is 17.5 Å². The van der Waals surface area contributed by atoms with Crippen molar-refractivity contribution >= 4 is 11.3 Å². The lowest BCUT2D eigenvalue weighted by molar-refractivity contribution is -0.109. The Balaban J connectivity index is 2.11. The minimum absolute atomic E-state index is 0.994. The Bertz CT molecular complexity index is 198. The molecule has 0 aliphatic carbocycles. The monoisotopic (exact) mass is 185 g/mol. The van der Waals surface area contributed by atoms with Gasteiger partial charge in [-0.25, -0.2) is 0 Å². The van der Waals surface area contributed by atoms with Crippen LogP contribution in [0.5, 0.6) is 0 Å². The first-order valence-electron chi connectivity index (χ1n) is 4.10. The number of aryl methyl sites for hydroxylation is 1. The Labute approximate surface area is 77.7 Å². The van der Waals surface area contributed by atoms with E-state index in [9.17, 15) is 0 Å². The van der Waals surface area contributed by atoms with E-state index in [1.54, 1.807) is 7.11 Å². The molecule has 0 amide bonds. The SMILES string of the molecule is CON(C)CCCc1cccs1. The summed E-state index contributed by atoms with van der Waals surface area (Å²) in [6.45, 7) is 0.994. The van der Waals surface area contributed by atoms with Crippen LogP contribution in [0.2, 0.25) is 0 Å². The molecule has 0 atom stereocenters. The zero-order valence-electron chi connectivity index (χ0n) is 7.62. The van der Waals surface area contributed by atoms with Crippen molar-refractivity contribution in [2.24, 2.45) is 0 Å². The molecule has 0 aliphatic rings. The number of thiophene rings is 1. The molecule has 0 fully saturated rings. The molecule has 0 bridgehead atoms. The summed E-state index contributed by atoms with van der Waals surface area (Å²) in [6, 6.07) is 4.28. The minimum Gasteiger partial charge on any atom is -0.303 e. The molecule has 1 rings (SSSR count). The van der Waals surface area contributed by atoms with Crippen molar-refractivity contribution in [3.63, 3.8) is 0 Å². The molecule has 1 aromatic heterocycles. The van der Waals surface area contributed by atoms with Gasteiger partial charge in [0.15, 0.2) is 0 Å². The molecule has 0 spiro atoms. The molecule has 0 aromatic carbocycles. The topological polar surface area (TPSA) is 12.5 Å². The fourth-order valence-corrected chi connectivity index (χ4v) is 1.77. The maximum atomic E-state index is 5.01. The van der Waals surface area contributed by atoms with Crippen LogP contribution in [0, 0.1) is 0 Å². The normalized spacial score (nSPS) is 10.9. The van der Waals surface area contributed by atoms with Gasteiger partial charge in [0.1, 0.15) is 0 Å². The lowest BCUT2D eigenvalue weighted by Crippen LogP contribution is -2.18. The first kappa shape index (κ1) is 9.71. The summed E-state index contributed by atoms with van der Waals surface area (Å²) in [5.41, 5.74) is 0. The van der Waals surface area contributed by atoms with Crippen molar-refractivity contribution in [3.05, 3.63) is 22.4 Å². The van der Waals surface area contributed by atoms with Gasteiger partial charge in [-0.3, -0.25) is 0 Å². The van der Waals surface area contributed by atoms with Crippen LogP contribution in [-0.4, -0.2) is 25.8 Å². The lowest BCUT2D eigenvalue weighted by atomic mass is 10.3. The first-order valence-corrected chi connectivity index (χ1v) is 4.98. The zero-order valence-corrected chi connectivity index (χ0v) is 8.43. The number of hydrogen-bond donors (Lipinski definition) is 0. The molecule has 12 heavy (non-hydrogen) atoms. The quantitative estimate of drug-likeness (QED) is 0.652. The molecule has 0 unspecified atom stereocenters. The smallest absolute Gasteiger partial charge is 0.0575 e. The fourth-order valence-electron chi connectivity index (χ4n) is 1.02. The van der Waals surface area contributed by atoms with Crippen LogP contribution in [0.15, 0.2) is 17.5 Å². The van der Waals surface area contributed by atoms with Crippen molar-refractivity contribution in [1.82, 2.24) is 5.06 Å². The molecule has 0 radical (unpaired) electrons. The molecule has 0 saturated heterocycles. The fraction of sp³-hybridized carbons (Fsp3) is 0.556. The Kier molecular flexibility index (Phi) is 4.29. The third-order valence-corrected chi connectivity index (χ3v) is 2.72. The van der Waals surface area contributed by atoms with Gasteiger partial charge in [0.2, 0.25) is 0 Å². The van der Waals surface area contributed by atoms with Gasteiger partial charge < -0.3 is 4.84 Å². The van der Waals surface area contributed by atoms with Gasteiger partial charge in [-0.15, -0.1) is 11.3 Å². The summed E-state index contributed by atoms with van der Waals surface area (Å²) in [6.07, 6.45) is 2.32. The summed E-state index contributed by atoms with van der Waals surface area (Å²) in [5, 5.41) is 3.98. The van der Waals surface area contributed by atoms with E-state index in [4.69, 9.17) is 4.84 Å². The van der Waals surface area contributed by atoms with Gasteiger partial charge in [0, 0.05) is 18.5 Å². The van der Waals surface area contributed by atoms with Gasteiger partial charge in [0.05, 0.1) is 7.11 Å². The highest BCUT2D eigenvalue weighted by atomic mass is 32.1. The molecule has 3 heteroatoms. The van der Waals surface area contributed by atoms with E-state index in [-0.39, 0.29) is 0 Å². The average molecular weight is 185 g/mol. The molecule has 1 heterocycles. The van der Waals surface area contributed by atoms with Crippen molar-refractivity contribution in [1.29, 1.82) is 0 Å². The summed E-state index contributed by atoms with van der Waals surface area (Å²) >= 11 is 1.82. The molecular formula is C9H15NOS. The molecular weight excluding hydrogens is 170 g/mol. The van der Waals surface area contributed by atoms with E-state index in [0.29, 0.717) is 0 Å². The van der Waals surface area contributed by atoms with E-state index >= 15 is 0 Å². The number of rotatable bonds is 5.